The van der Waals surface area contributed by atoms with Gasteiger partial charge in [-0.25, -0.2) is 4.79 Å². The molecule has 4 aliphatic rings. The number of carbonyl (C=O) groups is 4. The maximum Gasteiger partial charge on any atom is 0.410 e. The molecule has 9 nitrogen and oxygen atoms in total. The number of fused-ring (bicyclic) bond motifs is 2. The van der Waals surface area contributed by atoms with E-state index in [0.717, 1.165) is 24.3 Å². The van der Waals surface area contributed by atoms with Crippen LogP contribution < -0.4 is 10.2 Å². The summed E-state index contributed by atoms with van der Waals surface area (Å²) in [7, 11) is 0. The van der Waals surface area contributed by atoms with Gasteiger partial charge in [0.15, 0.2) is 0 Å². The molecule has 1 N–H and O–H groups in total. The molecule has 1 aromatic carbocycles. The average molecular weight is 455 g/mol. The van der Waals surface area contributed by atoms with E-state index >= 15 is 0 Å². The molecule has 0 aliphatic carbocycles. The second-order valence-electron chi connectivity index (χ2n) is 10.6. The molecular weight excluding hydrogens is 424 g/mol. The van der Waals surface area contributed by atoms with Gasteiger partial charge in [0.25, 0.3) is 5.91 Å². The van der Waals surface area contributed by atoms with E-state index < -0.39 is 17.6 Å². The van der Waals surface area contributed by atoms with Crippen LogP contribution in [-0.4, -0.2) is 71.4 Å². The fourth-order valence-corrected chi connectivity index (χ4v) is 5.44. The lowest BCUT2D eigenvalue weighted by atomic mass is 10.0. The molecule has 176 valence electrons. The lowest BCUT2D eigenvalue weighted by Crippen LogP contribution is -2.52. The smallest absolute Gasteiger partial charge is 0.410 e. The molecule has 3 saturated heterocycles. The Morgan fingerprint density at radius 2 is 1.76 bits per heavy atom. The van der Waals surface area contributed by atoms with Gasteiger partial charge in [-0.3, -0.25) is 19.7 Å². The van der Waals surface area contributed by atoms with Crippen LogP contribution >= 0.6 is 0 Å². The molecule has 4 aliphatic heterocycles. The van der Waals surface area contributed by atoms with E-state index in [4.69, 9.17) is 4.74 Å². The van der Waals surface area contributed by atoms with Gasteiger partial charge >= 0.3 is 6.09 Å². The van der Waals surface area contributed by atoms with E-state index in [9.17, 15) is 19.2 Å². The number of imide groups is 1. The SMILES string of the molecule is CC(C)(C)OC(=O)N1CC2CN(c3ccc4c(c3)CN(C3CCC(=O)NC3=O)C4=O)CC2C1. The van der Waals surface area contributed by atoms with Crippen LogP contribution in [0.5, 0.6) is 0 Å². The van der Waals surface area contributed by atoms with Crippen LogP contribution in [0.1, 0.15) is 49.5 Å². The van der Waals surface area contributed by atoms with Crippen LogP contribution in [0, 0.1) is 11.8 Å². The molecule has 33 heavy (non-hydrogen) atoms. The summed E-state index contributed by atoms with van der Waals surface area (Å²) >= 11 is 0. The van der Waals surface area contributed by atoms with Gasteiger partial charge in [-0.05, 0) is 51.0 Å². The highest BCUT2D eigenvalue weighted by Gasteiger charge is 2.43. The van der Waals surface area contributed by atoms with Crippen molar-refractivity contribution in [3.05, 3.63) is 29.3 Å². The van der Waals surface area contributed by atoms with E-state index in [2.05, 4.69) is 10.2 Å². The molecule has 3 atom stereocenters. The van der Waals surface area contributed by atoms with Crippen molar-refractivity contribution in [3.8, 4) is 0 Å². The summed E-state index contributed by atoms with van der Waals surface area (Å²) in [6.45, 7) is 9.12. The second-order valence-corrected chi connectivity index (χ2v) is 10.6. The number of carbonyl (C=O) groups excluding carboxylic acids is 4. The Labute approximate surface area is 193 Å². The van der Waals surface area contributed by atoms with Gasteiger partial charge in [0, 0.05) is 62.2 Å². The van der Waals surface area contributed by atoms with Gasteiger partial charge in [-0.1, -0.05) is 0 Å². The maximum absolute atomic E-state index is 12.9. The summed E-state index contributed by atoms with van der Waals surface area (Å²) in [4.78, 5) is 54.8. The summed E-state index contributed by atoms with van der Waals surface area (Å²) < 4.78 is 5.52. The Morgan fingerprint density at radius 1 is 1.06 bits per heavy atom. The average Bonchev–Trinajstić information content (AvgIpc) is 3.38. The minimum absolute atomic E-state index is 0.155. The van der Waals surface area contributed by atoms with Crippen LogP contribution in [0.2, 0.25) is 0 Å². The maximum atomic E-state index is 12.9. The number of hydrogen-bond acceptors (Lipinski definition) is 6. The number of anilines is 1. The molecule has 4 heterocycles. The quantitative estimate of drug-likeness (QED) is 0.684. The van der Waals surface area contributed by atoms with Crippen LogP contribution in [-0.2, 0) is 20.9 Å². The molecule has 0 radical (unpaired) electrons. The van der Waals surface area contributed by atoms with E-state index in [-0.39, 0.29) is 24.3 Å². The standard InChI is InChI=1S/C24H30N4O5/c1-24(2,3)33-23(32)27-11-15-9-26(10-16(15)12-27)17-4-5-18-14(8-17)13-28(22(18)31)19-6-7-20(29)25-21(19)30/h4-5,8,15-16,19H,6-7,9-13H2,1-3H3,(H,25,29,30). The number of rotatable bonds is 2. The number of piperidine rings is 1. The number of ether oxygens (including phenoxy) is 1. The number of likely N-dealkylation sites (tertiary alicyclic amines) is 1. The van der Waals surface area contributed by atoms with Crippen molar-refractivity contribution in [1.29, 1.82) is 0 Å². The van der Waals surface area contributed by atoms with Crippen molar-refractivity contribution >= 4 is 29.5 Å². The molecule has 5 rings (SSSR count). The molecule has 0 spiro atoms. The molecular formula is C24H30N4O5. The highest BCUT2D eigenvalue weighted by atomic mass is 16.6. The lowest BCUT2D eigenvalue weighted by molar-refractivity contribution is -0.136. The van der Waals surface area contributed by atoms with Crippen LogP contribution in [0.15, 0.2) is 18.2 Å². The Kier molecular flexibility index (Phi) is 5.10. The second kappa shape index (κ2) is 7.74. The number of amides is 4. The largest absolute Gasteiger partial charge is 0.444 e. The highest BCUT2D eigenvalue weighted by molar-refractivity contribution is 6.05. The minimum Gasteiger partial charge on any atom is -0.444 e. The van der Waals surface area contributed by atoms with E-state index in [1.165, 1.54) is 0 Å². The summed E-state index contributed by atoms with van der Waals surface area (Å²) in [6, 6.07) is 5.26. The normalized spacial score (nSPS) is 27.1. The minimum atomic E-state index is -0.601. The summed E-state index contributed by atoms with van der Waals surface area (Å²) in [5.41, 5.74) is 2.10. The predicted octanol–water partition coefficient (Wildman–Crippen LogP) is 1.75. The molecule has 9 heteroatoms. The molecule has 0 aromatic heterocycles. The zero-order valence-electron chi connectivity index (χ0n) is 19.3. The molecule has 1 aromatic rings. The third-order valence-electron chi connectivity index (χ3n) is 7.01. The highest BCUT2D eigenvalue weighted by Crippen LogP contribution is 2.37. The fraction of sp³-hybridized carbons (Fsp3) is 0.583. The molecule has 3 fully saturated rings. The predicted molar refractivity (Wildman–Crippen MR) is 119 cm³/mol. The number of hydrogen-bond donors (Lipinski definition) is 1. The summed E-state index contributed by atoms with van der Waals surface area (Å²) in [6.07, 6.45) is 0.368. The zero-order chi connectivity index (χ0) is 23.5. The number of nitrogens with one attached hydrogen (secondary N) is 1. The Balaban J connectivity index is 1.24. The molecule has 3 unspecified atom stereocenters. The summed E-state index contributed by atoms with van der Waals surface area (Å²) in [5.74, 6) is -0.0425. The van der Waals surface area contributed by atoms with Gasteiger partial charge in [-0.2, -0.15) is 0 Å². The van der Waals surface area contributed by atoms with Crippen molar-refractivity contribution in [3.63, 3.8) is 0 Å². The Bertz CT molecular complexity index is 1020. The first-order chi connectivity index (χ1) is 15.6. The first-order valence-electron chi connectivity index (χ1n) is 11.6. The fourth-order valence-electron chi connectivity index (χ4n) is 5.44. The Hall–Kier alpha value is -3.10. The van der Waals surface area contributed by atoms with Crippen LogP contribution in [0.3, 0.4) is 0 Å². The topological polar surface area (TPSA) is 99.3 Å². The van der Waals surface area contributed by atoms with Gasteiger partial charge in [0.1, 0.15) is 11.6 Å². The van der Waals surface area contributed by atoms with E-state index in [0.29, 0.717) is 43.5 Å². The molecule has 0 bridgehead atoms. The first-order valence-corrected chi connectivity index (χ1v) is 11.6. The van der Waals surface area contributed by atoms with Crippen LogP contribution in [0.25, 0.3) is 0 Å². The molecule has 4 amide bonds. The van der Waals surface area contributed by atoms with Gasteiger partial charge < -0.3 is 19.4 Å². The third-order valence-corrected chi connectivity index (χ3v) is 7.01. The van der Waals surface area contributed by atoms with Crippen molar-refractivity contribution < 1.29 is 23.9 Å². The van der Waals surface area contributed by atoms with Crippen LogP contribution in [0.4, 0.5) is 10.5 Å². The van der Waals surface area contributed by atoms with Gasteiger partial charge in [0.2, 0.25) is 11.8 Å². The molecule has 0 saturated carbocycles. The number of nitrogens with zero attached hydrogens (tertiary/aromatic N) is 3. The van der Waals surface area contributed by atoms with Crippen molar-refractivity contribution in [1.82, 2.24) is 15.1 Å². The lowest BCUT2D eigenvalue weighted by Gasteiger charge is -2.29. The van der Waals surface area contributed by atoms with Crippen molar-refractivity contribution in [2.45, 2.75) is 51.8 Å². The van der Waals surface area contributed by atoms with Crippen molar-refractivity contribution in [2.75, 3.05) is 31.1 Å². The van der Waals surface area contributed by atoms with Gasteiger partial charge in [0.05, 0.1) is 0 Å². The third kappa shape index (κ3) is 4.05. The Morgan fingerprint density at radius 3 is 2.39 bits per heavy atom. The van der Waals surface area contributed by atoms with E-state index in [1.54, 1.807) is 4.90 Å². The first kappa shape index (κ1) is 21.7. The zero-order valence-corrected chi connectivity index (χ0v) is 19.3. The number of benzene rings is 1. The van der Waals surface area contributed by atoms with Crippen molar-refractivity contribution in [2.24, 2.45) is 11.8 Å². The van der Waals surface area contributed by atoms with Gasteiger partial charge in [-0.15, -0.1) is 0 Å². The summed E-state index contributed by atoms with van der Waals surface area (Å²) in [5, 5.41) is 2.34. The monoisotopic (exact) mass is 454 g/mol. The van der Waals surface area contributed by atoms with E-state index in [1.807, 2.05) is 43.9 Å².